The maximum atomic E-state index is 13.9. The average Bonchev–Trinajstić information content (AvgIpc) is 3.34. The number of benzene rings is 1. The fraction of sp³-hybridized carbons (Fsp3) is 0.571. The average molecular weight is 526 g/mol. The molecule has 1 aromatic heterocycles. The summed E-state index contributed by atoms with van der Waals surface area (Å²) in [5.41, 5.74) is 1.11. The Morgan fingerprint density at radius 1 is 1.24 bits per heavy atom. The van der Waals surface area contributed by atoms with Crippen LogP contribution >= 0.6 is 0 Å². The minimum absolute atomic E-state index is 0.00768. The number of amides is 2. The van der Waals surface area contributed by atoms with Crippen molar-refractivity contribution in [2.75, 3.05) is 50.2 Å². The second-order valence-corrected chi connectivity index (χ2v) is 11.0. The van der Waals surface area contributed by atoms with Crippen LogP contribution in [0.25, 0.3) is 0 Å². The highest BCUT2D eigenvalue weighted by Gasteiger charge is 2.30. The van der Waals surface area contributed by atoms with Gasteiger partial charge in [-0.05, 0) is 76.3 Å². The molecule has 2 aliphatic heterocycles. The second kappa shape index (κ2) is 12.0. The molecule has 1 atom stereocenters. The number of methoxy groups -OCH3 is 1. The van der Waals surface area contributed by atoms with Crippen molar-refractivity contribution in [2.24, 2.45) is 5.92 Å². The van der Waals surface area contributed by atoms with E-state index < -0.39 is 5.60 Å². The zero-order valence-electron chi connectivity index (χ0n) is 23.0. The molecular weight excluding hydrogens is 486 g/mol. The van der Waals surface area contributed by atoms with E-state index in [1.54, 1.807) is 29.2 Å². The summed E-state index contributed by atoms with van der Waals surface area (Å²) in [6.07, 6.45) is 3.69. The monoisotopic (exact) mass is 525 g/mol. The number of hydrogen-bond donors (Lipinski definition) is 1. The van der Waals surface area contributed by atoms with Gasteiger partial charge in [0.05, 0.1) is 13.2 Å². The van der Waals surface area contributed by atoms with Gasteiger partial charge >= 0.3 is 6.09 Å². The van der Waals surface area contributed by atoms with E-state index in [2.05, 4.69) is 15.3 Å². The van der Waals surface area contributed by atoms with Crippen LogP contribution in [0.15, 0.2) is 30.5 Å². The highest BCUT2D eigenvalue weighted by Crippen LogP contribution is 2.29. The van der Waals surface area contributed by atoms with Gasteiger partial charge in [0.25, 0.3) is 5.91 Å². The molecule has 1 aromatic carbocycles. The molecule has 1 N–H and O–H groups in total. The SMILES string of the molecule is COCC(C)Nc1nccc(N(CC2CCN(C(=O)OC(C)(C)C)CC2)C(=O)c2ccc3c(c2)CCO3)n1. The van der Waals surface area contributed by atoms with Gasteiger partial charge in [-0.2, -0.15) is 4.98 Å². The molecule has 0 aliphatic carbocycles. The Kier molecular flexibility index (Phi) is 8.71. The summed E-state index contributed by atoms with van der Waals surface area (Å²) in [6.45, 7) is 10.4. The summed E-state index contributed by atoms with van der Waals surface area (Å²) in [5.74, 6) is 1.89. The number of anilines is 2. The maximum Gasteiger partial charge on any atom is 0.410 e. The lowest BCUT2D eigenvalue weighted by molar-refractivity contribution is 0.0185. The van der Waals surface area contributed by atoms with E-state index in [1.165, 1.54) is 0 Å². The molecule has 2 amide bonds. The molecule has 0 saturated carbocycles. The first-order valence-corrected chi connectivity index (χ1v) is 13.3. The number of fused-ring (bicyclic) bond motifs is 1. The Labute approximate surface area is 224 Å². The van der Waals surface area contributed by atoms with Crippen molar-refractivity contribution in [3.05, 3.63) is 41.6 Å². The molecular formula is C28H39N5O5. The van der Waals surface area contributed by atoms with Crippen molar-refractivity contribution in [3.8, 4) is 5.75 Å². The summed E-state index contributed by atoms with van der Waals surface area (Å²) < 4.78 is 16.4. The third-order valence-electron chi connectivity index (χ3n) is 6.60. The van der Waals surface area contributed by atoms with Gasteiger partial charge in [0.15, 0.2) is 0 Å². The summed E-state index contributed by atoms with van der Waals surface area (Å²) in [7, 11) is 1.64. The second-order valence-electron chi connectivity index (χ2n) is 11.0. The van der Waals surface area contributed by atoms with E-state index in [9.17, 15) is 9.59 Å². The molecule has 4 rings (SSSR count). The van der Waals surface area contributed by atoms with Gasteiger partial charge < -0.3 is 24.4 Å². The fourth-order valence-corrected chi connectivity index (χ4v) is 4.72. The molecule has 38 heavy (non-hydrogen) atoms. The molecule has 10 nitrogen and oxygen atoms in total. The van der Waals surface area contributed by atoms with Crippen LogP contribution in [-0.2, 0) is 15.9 Å². The number of carbonyl (C=O) groups excluding carboxylic acids is 2. The van der Waals surface area contributed by atoms with Crippen LogP contribution in [0.2, 0.25) is 0 Å². The van der Waals surface area contributed by atoms with Gasteiger partial charge in [0.1, 0.15) is 17.2 Å². The van der Waals surface area contributed by atoms with Crippen molar-refractivity contribution >= 4 is 23.8 Å². The number of aromatic nitrogens is 2. The molecule has 2 aromatic rings. The summed E-state index contributed by atoms with van der Waals surface area (Å²) in [6, 6.07) is 7.37. The Morgan fingerprint density at radius 3 is 2.71 bits per heavy atom. The molecule has 1 unspecified atom stereocenters. The van der Waals surface area contributed by atoms with Crippen LogP contribution < -0.4 is 15.0 Å². The largest absolute Gasteiger partial charge is 0.493 e. The van der Waals surface area contributed by atoms with Gasteiger partial charge in [0, 0.05) is 51.0 Å². The lowest BCUT2D eigenvalue weighted by Gasteiger charge is -2.35. The molecule has 1 saturated heterocycles. The van der Waals surface area contributed by atoms with Crippen molar-refractivity contribution in [2.45, 2.75) is 58.6 Å². The minimum Gasteiger partial charge on any atom is -0.493 e. The molecule has 2 aliphatic rings. The van der Waals surface area contributed by atoms with E-state index >= 15 is 0 Å². The number of ether oxygens (including phenoxy) is 3. The number of hydrogen-bond acceptors (Lipinski definition) is 8. The molecule has 3 heterocycles. The number of carbonyl (C=O) groups is 2. The first kappa shape index (κ1) is 27.6. The maximum absolute atomic E-state index is 13.9. The van der Waals surface area contributed by atoms with Gasteiger partial charge in [-0.1, -0.05) is 0 Å². The predicted octanol–water partition coefficient (Wildman–Crippen LogP) is 4.15. The Hall–Kier alpha value is -3.40. The van der Waals surface area contributed by atoms with Crippen LogP contribution in [0.4, 0.5) is 16.6 Å². The van der Waals surface area contributed by atoms with E-state index in [0.717, 1.165) is 30.6 Å². The minimum atomic E-state index is -0.530. The van der Waals surface area contributed by atoms with Crippen molar-refractivity contribution < 1.29 is 23.8 Å². The smallest absolute Gasteiger partial charge is 0.410 e. The fourth-order valence-electron chi connectivity index (χ4n) is 4.72. The predicted molar refractivity (Wildman–Crippen MR) is 145 cm³/mol. The number of likely N-dealkylation sites (tertiary alicyclic amines) is 1. The van der Waals surface area contributed by atoms with E-state index in [-0.39, 0.29) is 24.0 Å². The van der Waals surface area contributed by atoms with Gasteiger partial charge in [-0.3, -0.25) is 9.69 Å². The highest BCUT2D eigenvalue weighted by atomic mass is 16.6. The van der Waals surface area contributed by atoms with Crippen LogP contribution in [0, 0.1) is 5.92 Å². The van der Waals surface area contributed by atoms with E-state index in [4.69, 9.17) is 14.2 Å². The zero-order chi connectivity index (χ0) is 27.3. The molecule has 1 fully saturated rings. The lowest BCUT2D eigenvalue weighted by atomic mass is 9.96. The normalized spacial score (nSPS) is 16.4. The van der Waals surface area contributed by atoms with Gasteiger partial charge in [0.2, 0.25) is 5.95 Å². The van der Waals surface area contributed by atoms with Crippen LogP contribution in [0.5, 0.6) is 5.75 Å². The highest BCUT2D eigenvalue weighted by molar-refractivity contribution is 6.05. The Bertz CT molecular complexity index is 1130. The van der Waals surface area contributed by atoms with Gasteiger partial charge in [-0.25, -0.2) is 9.78 Å². The first-order valence-electron chi connectivity index (χ1n) is 13.3. The first-order chi connectivity index (χ1) is 18.1. The molecule has 206 valence electrons. The molecule has 0 bridgehead atoms. The van der Waals surface area contributed by atoms with E-state index in [0.29, 0.717) is 50.2 Å². The summed E-state index contributed by atoms with van der Waals surface area (Å²) in [4.78, 5) is 38.9. The zero-order valence-corrected chi connectivity index (χ0v) is 23.0. The van der Waals surface area contributed by atoms with Gasteiger partial charge in [-0.15, -0.1) is 0 Å². The number of piperidine rings is 1. The third-order valence-corrected chi connectivity index (χ3v) is 6.60. The van der Waals surface area contributed by atoms with Crippen LogP contribution in [-0.4, -0.2) is 78.5 Å². The number of nitrogens with one attached hydrogen (secondary N) is 1. The topological polar surface area (TPSA) is 106 Å². The lowest BCUT2D eigenvalue weighted by Crippen LogP contribution is -2.45. The van der Waals surface area contributed by atoms with Crippen molar-refractivity contribution in [1.82, 2.24) is 14.9 Å². The third kappa shape index (κ3) is 7.12. The van der Waals surface area contributed by atoms with Crippen LogP contribution in [0.1, 0.15) is 56.5 Å². The van der Waals surface area contributed by atoms with E-state index in [1.807, 2.05) is 45.9 Å². The Morgan fingerprint density at radius 2 is 2.00 bits per heavy atom. The van der Waals surface area contributed by atoms with Crippen molar-refractivity contribution in [3.63, 3.8) is 0 Å². The molecule has 0 spiro atoms. The Balaban J connectivity index is 1.52. The summed E-state index contributed by atoms with van der Waals surface area (Å²) >= 11 is 0. The number of nitrogens with zero attached hydrogens (tertiary/aromatic N) is 4. The summed E-state index contributed by atoms with van der Waals surface area (Å²) in [5, 5.41) is 3.23. The molecule has 0 radical (unpaired) electrons. The van der Waals surface area contributed by atoms with Crippen LogP contribution in [0.3, 0.4) is 0 Å². The quantitative estimate of drug-likeness (QED) is 0.548. The molecule has 10 heteroatoms. The van der Waals surface area contributed by atoms with Crippen molar-refractivity contribution in [1.29, 1.82) is 0 Å². The standard InChI is InChI=1S/C28H39N5O5/c1-19(18-36-5)30-26-29-12-8-24(31-26)33(25(34)22-6-7-23-21(16-22)11-15-37-23)17-20-9-13-32(14-10-20)27(35)38-28(2,3)4/h6-8,12,16,19-20H,9-11,13-15,17-18H2,1-5H3,(H,29,30,31). The number of rotatable bonds is 8.